The van der Waals surface area contributed by atoms with Gasteiger partial charge in [0.1, 0.15) is 0 Å². The Morgan fingerprint density at radius 3 is 1.51 bits per heavy atom. The Hall–Kier alpha value is -0.800. The minimum absolute atomic E-state index is 0.0598. The molecule has 0 saturated heterocycles. The fourth-order valence-corrected chi connectivity index (χ4v) is 7.17. The van der Waals surface area contributed by atoms with Gasteiger partial charge >= 0.3 is 7.82 Å². The molecule has 0 rings (SSSR count). The average molecular weight is 747 g/mol. The number of carbonyl (C=O) groups is 1. The third-order valence-electron chi connectivity index (χ3n) is 9.67. The standard InChI is InChI=1S/C41H83N2O7P/c1-3-5-7-9-11-13-15-16-17-18-19-20-21-23-24-26-28-30-32-38(44)36-41(46)43-39(37-50-51(47,48)49-35-34-42)40(45)33-31-29-27-25-22-14-12-10-8-6-4-2/h19-20,38-40,44-45H,3-18,21-37,42H2,1-2H3,(H,43,46)(H,47,48)/b20-19-. The Kier molecular flexibility index (Phi) is 36.9. The number of hydrogen-bond acceptors (Lipinski definition) is 7. The first kappa shape index (κ1) is 50.2. The zero-order valence-electron chi connectivity index (χ0n) is 33.2. The molecule has 0 aliphatic rings. The highest BCUT2D eigenvalue weighted by atomic mass is 31.2. The molecule has 0 radical (unpaired) electrons. The largest absolute Gasteiger partial charge is 0.472 e. The molecule has 10 heteroatoms. The van der Waals surface area contributed by atoms with Crippen molar-refractivity contribution < 1.29 is 33.5 Å². The predicted molar refractivity (Wildman–Crippen MR) is 214 cm³/mol. The molecular weight excluding hydrogens is 663 g/mol. The van der Waals surface area contributed by atoms with E-state index in [1.165, 1.54) is 128 Å². The van der Waals surface area contributed by atoms with E-state index < -0.39 is 32.0 Å². The summed E-state index contributed by atoms with van der Waals surface area (Å²) in [5.74, 6) is -0.418. The van der Waals surface area contributed by atoms with Crippen LogP contribution in [-0.4, -0.2) is 59.0 Å². The Morgan fingerprint density at radius 1 is 0.647 bits per heavy atom. The second-order valence-corrected chi connectivity index (χ2v) is 16.2. The van der Waals surface area contributed by atoms with E-state index in [9.17, 15) is 24.5 Å². The van der Waals surface area contributed by atoms with Crippen LogP contribution in [0.1, 0.15) is 206 Å². The molecule has 0 aliphatic heterocycles. The molecule has 0 spiro atoms. The number of carbonyl (C=O) groups excluding carboxylic acids is 1. The number of aliphatic hydroxyl groups excluding tert-OH is 2. The number of phosphoric acid groups is 1. The minimum Gasteiger partial charge on any atom is -0.393 e. The molecule has 0 saturated carbocycles. The van der Waals surface area contributed by atoms with Gasteiger partial charge in [0.2, 0.25) is 5.91 Å². The van der Waals surface area contributed by atoms with Crippen LogP contribution in [0.4, 0.5) is 0 Å². The summed E-state index contributed by atoms with van der Waals surface area (Å²) in [6.45, 7) is 4.03. The minimum atomic E-state index is -4.37. The summed E-state index contributed by atoms with van der Waals surface area (Å²) in [4.78, 5) is 22.7. The second kappa shape index (κ2) is 37.5. The van der Waals surface area contributed by atoms with Gasteiger partial charge in [-0.3, -0.25) is 13.8 Å². The van der Waals surface area contributed by atoms with Crippen LogP contribution in [-0.2, 0) is 18.4 Å². The van der Waals surface area contributed by atoms with E-state index in [-0.39, 0.29) is 26.2 Å². The van der Waals surface area contributed by atoms with E-state index in [0.29, 0.717) is 12.8 Å². The van der Waals surface area contributed by atoms with Gasteiger partial charge in [0, 0.05) is 6.54 Å². The van der Waals surface area contributed by atoms with Crippen LogP contribution in [0.25, 0.3) is 0 Å². The maximum atomic E-state index is 12.8. The first-order valence-electron chi connectivity index (χ1n) is 21.4. The first-order valence-corrected chi connectivity index (χ1v) is 22.9. The van der Waals surface area contributed by atoms with E-state index in [4.69, 9.17) is 14.8 Å². The van der Waals surface area contributed by atoms with E-state index in [0.717, 1.165) is 44.9 Å². The highest BCUT2D eigenvalue weighted by Gasteiger charge is 2.28. The summed E-state index contributed by atoms with van der Waals surface area (Å²) in [6.07, 6.45) is 36.8. The number of nitrogens with two attached hydrogens (primary N) is 1. The molecule has 9 nitrogen and oxygen atoms in total. The summed E-state index contributed by atoms with van der Waals surface area (Å²) in [5.41, 5.74) is 5.36. The lowest BCUT2D eigenvalue weighted by Crippen LogP contribution is -2.47. The van der Waals surface area contributed by atoms with Crippen molar-refractivity contribution in [2.45, 2.75) is 225 Å². The van der Waals surface area contributed by atoms with Gasteiger partial charge in [-0.15, -0.1) is 0 Å². The molecule has 0 aromatic heterocycles. The summed E-state index contributed by atoms with van der Waals surface area (Å²) >= 11 is 0. The fraction of sp³-hybridized carbons (Fsp3) is 0.927. The van der Waals surface area contributed by atoms with Gasteiger partial charge in [0.05, 0.1) is 37.9 Å². The molecule has 1 amide bonds. The number of unbranched alkanes of at least 4 members (excludes halogenated alkanes) is 24. The number of nitrogens with one attached hydrogen (secondary N) is 1. The second-order valence-electron chi connectivity index (χ2n) is 14.7. The van der Waals surface area contributed by atoms with E-state index in [2.05, 4.69) is 31.3 Å². The first-order chi connectivity index (χ1) is 24.8. The van der Waals surface area contributed by atoms with Crippen molar-refractivity contribution in [3.8, 4) is 0 Å². The molecule has 304 valence electrons. The maximum Gasteiger partial charge on any atom is 0.472 e. The van der Waals surface area contributed by atoms with Crippen LogP contribution < -0.4 is 11.1 Å². The highest BCUT2D eigenvalue weighted by molar-refractivity contribution is 7.47. The quantitative estimate of drug-likeness (QED) is 0.0236. The Balaban J connectivity index is 4.23. The Labute approximate surface area is 314 Å². The van der Waals surface area contributed by atoms with Gasteiger partial charge in [0.15, 0.2) is 0 Å². The van der Waals surface area contributed by atoms with Crippen molar-refractivity contribution in [1.29, 1.82) is 0 Å². The molecule has 51 heavy (non-hydrogen) atoms. The van der Waals surface area contributed by atoms with Crippen LogP contribution in [0.15, 0.2) is 12.2 Å². The molecular formula is C41H83N2O7P. The van der Waals surface area contributed by atoms with Crippen molar-refractivity contribution in [2.24, 2.45) is 5.73 Å². The van der Waals surface area contributed by atoms with Crippen molar-refractivity contribution in [3.05, 3.63) is 12.2 Å². The Morgan fingerprint density at radius 2 is 1.06 bits per heavy atom. The summed E-state index contributed by atoms with van der Waals surface area (Å²) in [6, 6.07) is -0.895. The van der Waals surface area contributed by atoms with Gasteiger partial charge in [-0.2, -0.15) is 0 Å². The van der Waals surface area contributed by atoms with Gasteiger partial charge in [-0.1, -0.05) is 174 Å². The van der Waals surface area contributed by atoms with Crippen LogP contribution >= 0.6 is 7.82 Å². The zero-order chi connectivity index (χ0) is 37.7. The number of phosphoric ester groups is 1. The van der Waals surface area contributed by atoms with Gasteiger partial charge in [0.25, 0.3) is 0 Å². The topological polar surface area (TPSA) is 151 Å². The molecule has 0 fully saturated rings. The van der Waals surface area contributed by atoms with Crippen LogP contribution in [0.3, 0.4) is 0 Å². The molecule has 4 atom stereocenters. The average Bonchev–Trinajstić information content (AvgIpc) is 3.10. The lowest BCUT2D eigenvalue weighted by Gasteiger charge is -2.25. The predicted octanol–water partition coefficient (Wildman–Crippen LogP) is 10.6. The summed E-state index contributed by atoms with van der Waals surface area (Å²) < 4.78 is 22.1. The highest BCUT2D eigenvalue weighted by Crippen LogP contribution is 2.43. The van der Waals surface area contributed by atoms with Crippen LogP contribution in [0, 0.1) is 0 Å². The molecule has 0 aromatic carbocycles. The van der Waals surface area contributed by atoms with Crippen LogP contribution in [0.5, 0.6) is 0 Å². The molecule has 0 bridgehead atoms. The SMILES string of the molecule is CCCCCCCCCCC/C=C\CCCCCCCC(O)CC(=O)NC(COP(=O)(O)OCCN)C(O)CCCCCCCCCCCCC. The van der Waals surface area contributed by atoms with Gasteiger partial charge in [-0.05, 0) is 38.5 Å². The van der Waals surface area contributed by atoms with Gasteiger partial charge < -0.3 is 26.2 Å². The van der Waals surface area contributed by atoms with E-state index in [1.807, 2.05) is 0 Å². The third kappa shape index (κ3) is 36.0. The third-order valence-corrected chi connectivity index (χ3v) is 10.7. The number of aliphatic hydroxyl groups is 2. The molecule has 0 aliphatic carbocycles. The number of hydrogen-bond donors (Lipinski definition) is 5. The smallest absolute Gasteiger partial charge is 0.393 e. The van der Waals surface area contributed by atoms with Gasteiger partial charge in [-0.25, -0.2) is 4.57 Å². The monoisotopic (exact) mass is 747 g/mol. The molecule has 6 N–H and O–H groups in total. The maximum absolute atomic E-state index is 12.8. The van der Waals surface area contributed by atoms with E-state index >= 15 is 0 Å². The number of rotatable bonds is 40. The lowest BCUT2D eigenvalue weighted by atomic mass is 10.0. The molecule has 0 aromatic rings. The lowest BCUT2D eigenvalue weighted by molar-refractivity contribution is -0.125. The van der Waals surface area contributed by atoms with E-state index in [1.54, 1.807) is 0 Å². The zero-order valence-corrected chi connectivity index (χ0v) is 34.1. The van der Waals surface area contributed by atoms with Crippen molar-refractivity contribution in [3.63, 3.8) is 0 Å². The number of amides is 1. The van der Waals surface area contributed by atoms with Crippen molar-refractivity contribution >= 4 is 13.7 Å². The van der Waals surface area contributed by atoms with Crippen molar-refractivity contribution in [2.75, 3.05) is 19.8 Å². The summed E-state index contributed by atoms with van der Waals surface area (Å²) in [7, 11) is -4.37. The molecule has 0 heterocycles. The number of allylic oxidation sites excluding steroid dienone is 2. The fourth-order valence-electron chi connectivity index (χ4n) is 6.41. The van der Waals surface area contributed by atoms with Crippen molar-refractivity contribution in [1.82, 2.24) is 5.32 Å². The van der Waals surface area contributed by atoms with Crippen LogP contribution in [0.2, 0.25) is 0 Å². The Bertz CT molecular complexity index is 832. The molecule has 4 unspecified atom stereocenters. The summed E-state index contributed by atoms with van der Waals surface area (Å²) in [5, 5.41) is 24.1. The normalized spacial score (nSPS) is 14.9.